The number of nitrogens with zero attached hydrogens (tertiary/aromatic N) is 1. The maximum atomic E-state index is 9.13. The second kappa shape index (κ2) is 4.22. The van der Waals surface area contributed by atoms with Crippen molar-refractivity contribution in [1.29, 1.82) is 0 Å². The maximum absolute atomic E-state index is 9.13. The zero-order valence-electron chi connectivity index (χ0n) is 8.13. The van der Waals surface area contributed by atoms with Gasteiger partial charge in [0.25, 0.3) is 0 Å². The minimum Gasteiger partial charge on any atom is -0.314 e. The van der Waals surface area contributed by atoms with Gasteiger partial charge in [-0.2, -0.15) is 5.06 Å². The van der Waals surface area contributed by atoms with E-state index in [1.165, 1.54) is 16.2 Å². The van der Waals surface area contributed by atoms with Gasteiger partial charge in [-0.1, -0.05) is 22.0 Å². The number of halogens is 1. The summed E-state index contributed by atoms with van der Waals surface area (Å²) in [5.74, 6) is 0. The Kier molecular flexibility index (Phi) is 3.47. The van der Waals surface area contributed by atoms with Gasteiger partial charge in [0.1, 0.15) is 0 Å². The van der Waals surface area contributed by atoms with Gasteiger partial charge in [-0.15, -0.1) is 0 Å². The van der Waals surface area contributed by atoms with Crippen LogP contribution in [-0.4, -0.2) is 17.3 Å². The number of hydrogen-bond acceptors (Lipinski definition) is 2. The highest BCUT2D eigenvalue weighted by Gasteiger charge is 2.04. The van der Waals surface area contributed by atoms with Crippen LogP contribution < -0.4 is 0 Å². The fourth-order valence-corrected chi connectivity index (χ4v) is 1.91. The summed E-state index contributed by atoms with van der Waals surface area (Å²) in [6, 6.07) is 4.17. The quantitative estimate of drug-likeness (QED) is 0.808. The lowest BCUT2D eigenvalue weighted by Crippen LogP contribution is -2.12. The van der Waals surface area contributed by atoms with E-state index in [-0.39, 0.29) is 0 Å². The number of benzene rings is 1. The Balaban J connectivity index is 3.05. The molecule has 3 heteroatoms. The Morgan fingerprint density at radius 2 is 2.00 bits per heavy atom. The SMILES string of the molecule is Cc1cc(Br)c(C)c(CN(C)O)c1. The summed E-state index contributed by atoms with van der Waals surface area (Å²) < 4.78 is 1.10. The fourth-order valence-electron chi connectivity index (χ4n) is 1.30. The number of rotatable bonds is 2. The molecular formula is C10H14BrNO. The van der Waals surface area contributed by atoms with Crippen LogP contribution in [0.25, 0.3) is 0 Å². The number of aryl methyl sites for hydroxylation is 1. The van der Waals surface area contributed by atoms with E-state index < -0.39 is 0 Å². The molecule has 1 N–H and O–H groups in total. The van der Waals surface area contributed by atoms with Gasteiger partial charge in [0.05, 0.1) is 0 Å². The molecule has 13 heavy (non-hydrogen) atoms. The van der Waals surface area contributed by atoms with Crippen LogP contribution in [0.1, 0.15) is 16.7 Å². The van der Waals surface area contributed by atoms with Gasteiger partial charge in [0.2, 0.25) is 0 Å². The van der Waals surface area contributed by atoms with Gasteiger partial charge in [0.15, 0.2) is 0 Å². The highest BCUT2D eigenvalue weighted by atomic mass is 79.9. The number of hydroxylamine groups is 2. The summed E-state index contributed by atoms with van der Waals surface area (Å²) >= 11 is 3.49. The maximum Gasteiger partial charge on any atom is 0.0488 e. The zero-order valence-corrected chi connectivity index (χ0v) is 9.72. The van der Waals surface area contributed by atoms with E-state index in [1.54, 1.807) is 7.05 Å². The molecule has 0 fully saturated rings. The second-order valence-electron chi connectivity index (χ2n) is 3.35. The van der Waals surface area contributed by atoms with Crippen molar-refractivity contribution in [1.82, 2.24) is 5.06 Å². The fraction of sp³-hybridized carbons (Fsp3) is 0.400. The van der Waals surface area contributed by atoms with Gasteiger partial charge in [-0.25, -0.2) is 0 Å². The molecule has 0 amide bonds. The predicted molar refractivity (Wildman–Crippen MR) is 56.9 cm³/mol. The van der Waals surface area contributed by atoms with Gasteiger partial charge in [-0.05, 0) is 36.6 Å². The first-order valence-electron chi connectivity index (χ1n) is 4.16. The Labute approximate surface area is 87.3 Å². The first-order chi connectivity index (χ1) is 6.00. The van der Waals surface area contributed by atoms with E-state index in [4.69, 9.17) is 5.21 Å². The smallest absolute Gasteiger partial charge is 0.0488 e. The molecule has 0 saturated carbocycles. The van der Waals surface area contributed by atoms with Gasteiger partial charge in [0, 0.05) is 18.1 Å². The Hall–Kier alpha value is -0.380. The van der Waals surface area contributed by atoms with Crippen molar-refractivity contribution in [3.8, 4) is 0 Å². The summed E-state index contributed by atoms with van der Waals surface area (Å²) in [6.45, 7) is 4.65. The monoisotopic (exact) mass is 243 g/mol. The summed E-state index contributed by atoms with van der Waals surface area (Å²) in [6.07, 6.45) is 0. The minimum absolute atomic E-state index is 0.562. The third-order valence-corrected chi connectivity index (χ3v) is 2.82. The molecule has 0 aliphatic rings. The molecule has 1 aromatic carbocycles. The number of hydrogen-bond donors (Lipinski definition) is 1. The summed E-state index contributed by atoms with van der Waals surface area (Å²) in [7, 11) is 1.65. The topological polar surface area (TPSA) is 23.5 Å². The van der Waals surface area contributed by atoms with Crippen molar-refractivity contribution in [3.05, 3.63) is 33.3 Å². The molecule has 0 unspecified atom stereocenters. The molecule has 1 aromatic rings. The standard InChI is InChI=1S/C10H14BrNO/c1-7-4-9(6-12(3)13)8(2)10(11)5-7/h4-5,13H,6H2,1-3H3. The van der Waals surface area contributed by atoms with Crippen molar-refractivity contribution in [3.63, 3.8) is 0 Å². The molecule has 0 aromatic heterocycles. The molecule has 0 aliphatic carbocycles. The molecule has 1 rings (SSSR count). The van der Waals surface area contributed by atoms with Gasteiger partial charge in [-0.3, -0.25) is 0 Å². The highest BCUT2D eigenvalue weighted by Crippen LogP contribution is 2.22. The van der Waals surface area contributed by atoms with E-state index in [2.05, 4.69) is 28.1 Å². The molecule has 0 atom stereocenters. The third-order valence-electron chi connectivity index (χ3n) is 2.00. The molecule has 0 bridgehead atoms. The Morgan fingerprint density at radius 3 is 2.54 bits per heavy atom. The third kappa shape index (κ3) is 2.79. The molecule has 72 valence electrons. The van der Waals surface area contributed by atoms with E-state index in [0.717, 1.165) is 10.0 Å². The van der Waals surface area contributed by atoms with Crippen LogP contribution in [-0.2, 0) is 6.54 Å². The van der Waals surface area contributed by atoms with Crippen LogP contribution in [0.3, 0.4) is 0 Å². The predicted octanol–water partition coefficient (Wildman–Crippen LogP) is 2.89. The lowest BCUT2D eigenvalue weighted by Gasteiger charge is -2.12. The average molecular weight is 244 g/mol. The van der Waals surface area contributed by atoms with Crippen molar-refractivity contribution in [2.75, 3.05) is 7.05 Å². The first kappa shape index (κ1) is 10.7. The lowest BCUT2D eigenvalue weighted by atomic mass is 10.1. The van der Waals surface area contributed by atoms with Gasteiger partial charge >= 0.3 is 0 Å². The zero-order chi connectivity index (χ0) is 10.0. The summed E-state index contributed by atoms with van der Waals surface area (Å²) in [4.78, 5) is 0. The summed E-state index contributed by atoms with van der Waals surface area (Å²) in [5, 5.41) is 10.3. The normalized spacial score (nSPS) is 10.9. The minimum atomic E-state index is 0.562. The molecule has 0 spiro atoms. The molecule has 0 saturated heterocycles. The van der Waals surface area contributed by atoms with Crippen LogP contribution in [0.15, 0.2) is 16.6 Å². The second-order valence-corrected chi connectivity index (χ2v) is 4.20. The van der Waals surface area contributed by atoms with E-state index in [0.29, 0.717) is 6.54 Å². The van der Waals surface area contributed by atoms with Crippen LogP contribution in [0.4, 0.5) is 0 Å². The van der Waals surface area contributed by atoms with E-state index in [1.807, 2.05) is 13.8 Å². The van der Waals surface area contributed by atoms with E-state index >= 15 is 0 Å². The Morgan fingerprint density at radius 1 is 1.38 bits per heavy atom. The van der Waals surface area contributed by atoms with Crippen LogP contribution in [0.2, 0.25) is 0 Å². The molecular weight excluding hydrogens is 230 g/mol. The molecule has 0 heterocycles. The molecule has 2 nitrogen and oxygen atoms in total. The molecule has 0 radical (unpaired) electrons. The van der Waals surface area contributed by atoms with Crippen molar-refractivity contribution < 1.29 is 5.21 Å². The largest absolute Gasteiger partial charge is 0.314 e. The van der Waals surface area contributed by atoms with E-state index in [9.17, 15) is 0 Å². The van der Waals surface area contributed by atoms with Crippen LogP contribution in [0, 0.1) is 13.8 Å². The van der Waals surface area contributed by atoms with Crippen molar-refractivity contribution in [2.24, 2.45) is 0 Å². The average Bonchev–Trinajstić information content (AvgIpc) is 1.98. The Bertz CT molecular complexity index is 310. The lowest BCUT2D eigenvalue weighted by molar-refractivity contribution is -0.0733. The van der Waals surface area contributed by atoms with Crippen molar-refractivity contribution >= 4 is 15.9 Å². The highest BCUT2D eigenvalue weighted by molar-refractivity contribution is 9.10. The van der Waals surface area contributed by atoms with Crippen molar-refractivity contribution in [2.45, 2.75) is 20.4 Å². The van der Waals surface area contributed by atoms with Gasteiger partial charge < -0.3 is 5.21 Å². The molecule has 0 aliphatic heterocycles. The van der Waals surface area contributed by atoms with Crippen LogP contribution >= 0.6 is 15.9 Å². The summed E-state index contributed by atoms with van der Waals surface area (Å²) in [5.41, 5.74) is 3.54. The first-order valence-corrected chi connectivity index (χ1v) is 4.95. The van der Waals surface area contributed by atoms with Crippen LogP contribution in [0.5, 0.6) is 0 Å².